The quantitative estimate of drug-likeness (QED) is 0.626. The van der Waals surface area contributed by atoms with Crippen molar-refractivity contribution >= 4 is 17.0 Å². The molecule has 2 fully saturated rings. The van der Waals surface area contributed by atoms with Crippen molar-refractivity contribution in [3.63, 3.8) is 0 Å². The fourth-order valence-corrected chi connectivity index (χ4v) is 3.77. The van der Waals surface area contributed by atoms with Gasteiger partial charge in [0, 0.05) is 0 Å². The first-order valence-corrected chi connectivity index (χ1v) is 9.01. The summed E-state index contributed by atoms with van der Waals surface area (Å²) in [6.45, 7) is 3.03. The van der Waals surface area contributed by atoms with Gasteiger partial charge in [-0.3, -0.25) is 4.57 Å². The maximum absolute atomic E-state index is 10.9. The van der Waals surface area contributed by atoms with Gasteiger partial charge >= 0.3 is 0 Å². The Bertz CT molecular complexity index is 926. The molecule has 0 saturated carbocycles. The zero-order valence-corrected chi connectivity index (χ0v) is 15.5. The predicted octanol–water partition coefficient (Wildman–Crippen LogP) is -0.147. The van der Waals surface area contributed by atoms with Crippen LogP contribution < -0.4 is 5.73 Å². The standard InChI is InChI=1S/C17H22N6O5/c1-3-16(2,25)17(4-5-18)27-11-9(6-24)26-15(12(11)28-17)23-8-22-10-13(19)20-7-21-14(10)23/h7-9,11-12,15,24-25H,3-4,6H2,1-2H3,(H2,19,20,21)/t9-,11-,12-,15-,16?,17+/m1/s1. The summed E-state index contributed by atoms with van der Waals surface area (Å²) in [6.07, 6.45) is 0.125. The lowest BCUT2D eigenvalue weighted by Crippen LogP contribution is -2.54. The van der Waals surface area contributed by atoms with Crippen LogP contribution in [0.4, 0.5) is 5.82 Å². The Morgan fingerprint density at radius 2 is 2.11 bits per heavy atom. The van der Waals surface area contributed by atoms with Crippen LogP contribution in [-0.2, 0) is 14.2 Å². The SMILES string of the molecule is CCC(C)(O)[C@]1(CC#N)O[C@@H]2[C@H](O1)[C@@H](CO)O[C@H]2n1cnc2c(N)ncnc21. The second-order valence-electron chi connectivity index (χ2n) is 7.21. The van der Waals surface area contributed by atoms with Crippen LogP contribution in [0.25, 0.3) is 11.2 Å². The minimum absolute atomic E-state index is 0.175. The molecular weight excluding hydrogens is 368 g/mol. The average molecular weight is 390 g/mol. The summed E-state index contributed by atoms with van der Waals surface area (Å²) in [4.78, 5) is 12.4. The number of aromatic nitrogens is 4. The van der Waals surface area contributed by atoms with Gasteiger partial charge in [0.05, 0.1) is 25.4 Å². The minimum Gasteiger partial charge on any atom is -0.394 e. The molecule has 2 aromatic rings. The van der Waals surface area contributed by atoms with Crippen molar-refractivity contribution in [2.45, 2.75) is 62.6 Å². The maximum atomic E-state index is 10.9. The lowest BCUT2D eigenvalue weighted by atomic mass is 9.90. The van der Waals surface area contributed by atoms with Crippen LogP contribution in [0.2, 0.25) is 0 Å². The van der Waals surface area contributed by atoms with E-state index in [4.69, 9.17) is 19.9 Å². The number of ether oxygens (including phenoxy) is 3. The van der Waals surface area contributed by atoms with Crippen molar-refractivity contribution in [1.82, 2.24) is 19.5 Å². The van der Waals surface area contributed by atoms with Gasteiger partial charge in [-0.05, 0) is 13.3 Å². The number of aliphatic hydroxyl groups excluding tert-OH is 1. The molecule has 0 spiro atoms. The first kappa shape index (κ1) is 19.0. The number of nitrogens with zero attached hydrogens (tertiary/aromatic N) is 5. The number of anilines is 1. The van der Waals surface area contributed by atoms with E-state index in [0.29, 0.717) is 17.6 Å². The van der Waals surface area contributed by atoms with Crippen LogP contribution in [0.15, 0.2) is 12.7 Å². The van der Waals surface area contributed by atoms with E-state index in [0.717, 1.165) is 0 Å². The monoisotopic (exact) mass is 390 g/mol. The maximum Gasteiger partial charge on any atom is 0.211 e. The Balaban J connectivity index is 1.76. The van der Waals surface area contributed by atoms with E-state index in [1.54, 1.807) is 18.4 Å². The van der Waals surface area contributed by atoms with Gasteiger partial charge in [-0.2, -0.15) is 5.26 Å². The molecule has 2 saturated heterocycles. The second-order valence-corrected chi connectivity index (χ2v) is 7.21. The van der Waals surface area contributed by atoms with Gasteiger partial charge in [-0.15, -0.1) is 0 Å². The van der Waals surface area contributed by atoms with Crippen LogP contribution >= 0.6 is 0 Å². The van der Waals surface area contributed by atoms with Crippen molar-refractivity contribution in [3.8, 4) is 6.07 Å². The van der Waals surface area contributed by atoms with Gasteiger partial charge in [0.15, 0.2) is 17.7 Å². The van der Waals surface area contributed by atoms with Gasteiger partial charge < -0.3 is 30.2 Å². The molecule has 11 nitrogen and oxygen atoms in total. The van der Waals surface area contributed by atoms with Crippen LogP contribution in [0.5, 0.6) is 0 Å². The molecule has 0 amide bonds. The third-order valence-corrected chi connectivity index (χ3v) is 5.60. The van der Waals surface area contributed by atoms with E-state index in [1.165, 1.54) is 12.7 Å². The number of rotatable bonds is 5. The number of aliphatic hydroxyl groups is 2. The highest BCUT2D eigenvalue weighted by Crippen LogP contribution is 2.49. The molecule has 2 aliphatic heterocycles. The normalized spacial score (nSPS) is 34.2. The molecule has 0 radical (unpaired) electrons. The van der Waals surface area contributed by atoms with E-state index >= 15 is 0 Å². The summed E-state index contributed by atoms with van der Waals surface area (Å²) in [5.74, 6) is -1.31. The summed E-state index contributed by atoms with van der Waals surface area (Å²) < 4.78 is 19.8. The number of nitriles is 1. The van der Waals surface area contributed by atoms with E-state index in [9.17, 15) is 15.5 Å². The molecule has 6 atom stereocenters. The summed E-state index contributed by atoms with van der Waals surface area (Å²) >= 11 is 0. The van der Waals surface area contributed by atoms with E-state index in [2.05, 4.69) is 15.0 Å². The fourth-order valence-electron chi connectivity index (χ4n) is 3.77. The summed E-state index contributed by atoms with van der Waals surface area (Å²) in [7, 11) is 0. The van der Waals surface area contributed by atoms with Crippen LogP contribution in [0, 0.1) is 11.3 Å². The number of imidazole rings is 1. The van der Waals surface area contributed by atoms with Crippen LogP contribution in [0.1, 0.15) is 32.9 Å². The molecule has 150 valence electrons. The number of hydrogen-bond acceptors (Lipinski definition) is 10. The summed E-state index contributed by atoms with van der Waals surface area (Å²) in [5.41, 5.74) is 5.30. The Morgan fingerprint density at radius 3 is 2.79 bits per heavy atom. The topological polar surface area (TPSA) is 162 Å². The molecular formula is C17H22N6O5. The van der Waals surface area contributed by atoms with Gasteiger partial charge in [-0.1, -0.05) is 6.92 Å². The molecule has 0 bridgehead atoms. The first-order valence-electron chi connectivity index (χ1n) is 9.01. The second kappa shape index (κ2) is 6.61. The molecule has 2 aromatic heterocycles. The lowest BCUT2D eigenvalue weighted by molar-refractivity contribution is -0.293. The molecule has 2 aliphatic rings. The summed E-state index contributed by atoms with van der Waals surface area (Å²) in [5, 5.41) is 30.0. The van der Waals surface area contributed by atoms with E-state index in [1.807, 2.05) is 6.07 Å². The van der Waals surface area contributed by atoms with Crippen LogP contribution in [0.3, 0.4) is 0 Å². The van der Waals surface area contributed by atoms with Crippen molar-refractivity contribution in [2.75, 3.05) is 12.3 Å². The highest BCUT2D eigenvalue weighted by molar-refractivity contribution is 5.81. The number of nitrogens with two attached hydrogens (primary N) is 1. The molecule has 4 N–H and O–H groups in total. The zero-order chi connectivity index (χ0) is 20.1. The Hall–Kier alpha value is -2.36. The highest BCUT2D eigenvalue weighted by Gasteiger charge is 2.64. The molecule has 11 heteroatoms. The lowest BCUT2D eigenvalue weighted by Gasteiger charge is -2.40. The predicted molar refractivity (Wildman–Crippen MR) is 94.4 cm³/mol. The molecule has 0 aliphatic carbocycles. The summed E-state index contributed by atoms with van der Waals surface area (Å²) in [6, 6.07) is 2.03. The third kappa shape index (κ3) is 2.57. The molecule has 28 heavy (non-hydrogen) atoms. The molecule has 4 rings (SSSR count). The van der Waals surface area contributed by atoms with E-state index in [-0.39, 0.29) is 18.8 Å². The Kier molecular flexibility index (Phi) is 4.48. The fraction of sp³-hybridized carbons (Fsp3) is 0.647. The smallest absolute Gasteiger partial charge is 0.211 e. The first-order chi connectivity index (χ1) is 13.4. The highest BCUT2D eigenvalue weighted by atomic mass is 16.8. The Morgan fingerprint density at radius 1 is 1.36 bits per heavy atom. The minimum atomic E-state index is -1.54. The van der Waals surface area contributed by atoms with Gasteiger partial charge in [0.25, 0.3) is 0 Å². The number of hydrogen-bond donors (Lipinski definition) is 3. The molecule has 1 unspecified atom stereocenters. The largest absolute Gasteiger partial charge is 0.394 e. The van der Waals surface area contributed by atoms with Crippen molar-refractivity contribution in [3.05, 3.63) is 12.7 Å². The Labute approximate surface area is 160 Å². The van der Waals surface area contributed by atoms with Gasteiger partial charge in [-0.25, -0.2) is 15.0 Å². The average Bonchev–Trinajstić information content (AvgIpc) is 3.34. The third-order valence-electron chi connectivity index (χ3n) is 5.60. The van der Waals surface area contributed by atoms with Crippen molar-refractivity contribution in [1.29, 1.82) is 5.26 Å². The van der Waals surface area contributed by atoms with Gasteiger partial charge in [0.2, 0.25) is 5.79 Å². The molecule has 0 aromatic carbocycles. The number of fused-ring (bicyclic) bond motifs is 2. The van der Waals surface area contributed by atoms with E-state index < -0.39 is 35.9 Å². The van der Waals surface area contributed by atoms with Crippen molar-refractivity contribution < 1.29 is 24.4 Å². The van der Waals surface area contributed by atoms with Crippen molar-refractivity contribution in [2.24, 2.45) is 0 Å². The zero-order valence-electron chi connectivity index (χ0n) is 15.5. The van der Waals surface area contributed by atoms with Crippen LogP contribution in [-0.4, -0.2) is 66.0 Å². The molecule has 4 heterocycles. The number of nitrogen functional groups attached to an aromatic ring is 1. The van der Waals surface area contributed by atoms with Gasteiger partial charge in [0.1, 0.15) is 35.8 Å².